The predicted molar refractivity (Wildman–Crippen MR) is 81.8 cm³/mol. The molecule has 4 nitrogen and oxygen atoms in total. The fraction of sp³-hybridized carbons (Fsp3) is 0.312. The van der Waals surface area contributed by atoms with Gasteiger partial charge in [0, 0.05) is 19.3 Å². The van der Waals surface area contributed by atoms with E-state index >= 15 is 0 Å². The quantitative estimate of drug-likeness (QED) is 0.861. The van der Waals surface area contributed by atoms with Crippen molar-refractivity contribution in [3.63, 3.8) is 0 Å². The molecule has 1 aromatic carbocycles. The van der Waals surface area contributed by atoms with Crippen molar-refractivity contribution in [2.45, 2.75) is 26.8 Å². The van der Waals surface area contributed by atoms with Gasteiger partial charge in [-0.25, -0.2) is 0 Å². The molecule has 0 aliphatic carbocycles. The average molecular weight is 269 g/mol. The summed E-state index contributed by atoms with van der Waals surface area (Å²) in [6.07, 6.45) is 1.99. The van der Waals surface area contributed by atoms with Crippen LogP contribution < -0.4 is 10.2 Å². The Kier molecular flexibility index (Phi) is 2.82. The smallest absolute Gasteiger partial charge is 0.277 e. The number of hydrogen-bond donors (Lipinski definition) is 1. The number of carbonyl (C=O) groups is 1. The fourth-order valence-electron chi connectivity index (χ4n) is 2.86. The van der Waals surface area contributed by atoms with Crippen molar-refractivity contribution in [3.8, 4) is 0 Å². The van der Waals surface area contributed by atoms with E-state index in [2.05, 4.69) is 5.32 Å². The van der Waals surface area contributed by atoms with E-state index in [1.807, 2.05) is 67.7 Å². The minimum atomic E-state index is 0.0445. The summed E-state index contributed by atoms with van der Waals surface area (Å²) in [6.45, 7) is 6.09. The van der Waals surface area contributed by atoms with Gasteiger partial charge in [-0.15, -0.1) is 0 Å². The lowest BCUT2D eigenvalue weighted by Crippen LogP contribution is -2.37. The lowest BCUT2D eigenvalue weighted by molar-refractivity contribution is 0.0974. The third kappa shape index (κ3) is 1.72. The van der Waals surface area contributed by atoms with Crippen LogP contribution in [0.3, 0.4) is 0 Å². The summed E-state index contributed by atoms with van der Waals surface area (Å²) in [7, 11) is 1.92. The third-order valence-corrected chi connectivity index (χ3v) is 3.73. The van der Waals surface area contributed by atoms with Gasteiger partial charge in [0.1, 0.15) is 5.69 Å². The lowest BCUT2D eigenvalue weighted by atomic mass is 10.2. The van der Waals surface area contributed by atoms with Crippen molar-refractivity contribution >= 4 is 23.0 Å². The van der Waals surface area contributed by atoms with E-state index in [1.165, 1.54) is 0 Å². The number of hydrogen-bond acceptors (Lipinski definition) is 2. The van der Waals surface area contributed by atoms with Crippen LogP contribution in [0.2, 0.25) is 0 Å². The number of rotatable bonds is 1. The number of carbonyl (C=O) groups excluding carboxylic acids is 1. The van der Waals surface area contributed by atoms with Gasteiger partial charge in [0.2, 0.25) is 0 Å². The summed E-state index contributed by atoms with van der Waals surface area (Å²) < 4.78 is 1.90. The van der Waals surface area contributed by atoms with Crippen molar-refractivity contribution in [2.75, 3.05) is 10.2 Å². The third-order valence-electron chi connectivity index (χ3n) is 3.73. The summed E-state index contributed by atoms with van der Waals surface area (Å²) in [4.78, 5) is 14.8. The van der Waals surface area contributed by atoms with Gasteiger partial charge in [0.15, 0.2) is 0 Å². The number of para-hydroxylation sites is 2. The zero-order chi connectivity index (χ0) is 14.4. The van der Waals surface area contributed by atoms with E-state index in [0.29, 0.717) is 5.69 Å². The zero-order valence-corrected chi connectivity index (χ0v) is 12.3. The molecule has 1 N–H and O–H groups in total. The van der Waals surface area contributed by atoms with Crippen LogP contribution in [0.25, 0.3) is 0 Å². The first-order chi connectivity index (χ1) is 9.50. The van der Waals surface area contributed by atoms with Crippen LogP contribution in [-0.4, -0.2) is 16.5 Å². The van der Waals surface area contributed by atoms with E-state index in [9.17, 15) is 4.79 Å². The first-order valence-electron chi connectivity index (χ1n) is 6.86. The molecule has 1 aliphatic heterocycles. The van der Waals surface area contributed by atoms with Crippen molar-refractivity contribution in [3.05, 3.63) is 41.7 Å². The highest BCUT2D eigenvalue weighted by Crippen LogP contribution is 2.38. The van der Waals surface area contributed by atoms with E-state index in [1.54, 1.807) is 0 Å². The number of aromatic nitrogens is 1. The van der Waals surface area contributed by atoms with Crippen LogP contribution in [0.5, 0.6) is 0 Å². The normalized spacial score (nSPS) is 13.8. The summed E-state index contributed by atoms with van der Waals surface area (Å²) in [5.74, 6) is 0.0445. The molecule has 20 heavy (non-hydrogen) atoms. The molecule has 0 saturated heterocycles. The van der Waals surface area contributed by atoms with Crippen molar-refractivity contribution in [2.24, 2.45) is 7.05 Å². The number of benzene rings is 1. The summed E-state index contributed by atoms with van der Waals surface area (Å²) in [5, 5.41) is 3.42. The van der Waals surface area contributed by atoms with Crippen LogP contribution in [-0.2, 0) is 7.05 Å². The van der Waals surface area contributed by atoms with E-state index in [0.717, 1.165) is 22.6 Å². The van der Waals surface area contributed by atoms with Crippen LogP contribution in [0, 0.1) is 6.92 Å². The van der Waals surface area contributed by atoms with Crippen LogP contribution >= 0.6 is 0 Å². The molecule has 0 radical (unpaired) electrons. The molecule has 1 amide bonds. The maximum absolute atomic E-state index is 12.9. The average Bonchev–Trinajstić information content (AvgIpc) is 2.58. The predicted octanol–water partition coefficient (Wildman–Crippen LogP) is 3.45. The SMILES string of the molecule is Cc1cn(C)c2c1Nc1ccccc1N(C(C)C)C2=O. The Morgan fingerprint density at radius 3 is 2.60 bits per heavy atom. The minimum absolute atomic E-state index is 0.0445. The summed E-state index contributed by atoms with van der Waals surface area (Å²) >= 11 is 0. The van der Waals surface area contributed by atoms with Gasteiger partial charge in [-0.3, -0.25) is 4.79 Å². The second-order valence-electron chi connectivity index (χ2n) is 5.56. The Balaban J connectivity index is 2.29. The van der Waals surface area contributed by atoms with Gasteiger partial charge < -0.3 is 14.8 Å². The molecule has 0 unspecified atom stereocenters. The molecule has 104 valence electrons. The minimum Gasteiger partial charge on any atom is -0.352 e. The highest BCUT2D eigenvalue weighted by Gasteiger charge is 2.31. The maximum atomic E-state index is 12.9. The van der Waals surface area contributed by atoms with Crippen molar-refractivity contribution in [1.82, 2.24) is 4.57 Å². The van der Waals surface area contributed by atoms with Gasteiger partial charge in [-0.05, 0) is 38.5 Å². The number of fused-ring (bicyclic) bond motifs is 2. The largest absolute Gasteiger partial charge is 0.352 e. The molecule has 3 rings (SSSR count). The van der Waals surface area contributed by atoms with Gasteiger partial charge in [0.05, 0.1) is 17.1 Å². The van der Waals surface area contributed by atoms with Gasteiger partial charge >= 0.3 is 0 Å². The second kappa shape index (κ2) is 4.40. The number of aryl methyl sites for hydroxylation is 2. The molecule has 2 heterocycles. The fourth-order valence-corrected chi connectivity index (χ4v) is 2.86. The maximum Gasteiger partial charge on any atom is 0.277 e. The first kappa shape index (κ1) is 12.8. The zero-order valence-electron chi connectivity index (χ0n) is 12.3. The molecule has 4 heteroatoms. The van der Waals surface area contributed by atoms with Crippen LogP contribution in [0.15, 0.2) is 30.5 Å². The van der Waals surface area contributed by atoms with Crippen molar-refractivity contribution < 1.29 is 4.79 Å². The Labute approximate surface area is 119 Å². The number of amides is 1. The monoisotopic (exact) mass is 269 g/mol. The van der Waals surface area contributed by atoms with Crippen molar-refractivity contribution in [1.29, 1.82) is 0 Å². The molecule has 0 bridgehead atoms. The lowest BCUT2D eigenvalue weighted by Gasteiger charge is -2.26. The van der Waals surface area contributed by atoms with Gasteiger partial charge in [-0.2, -0.15) is 0 Å². The van der Waals surface area contributed by atoms with E-state index in [4.69, 9.17) is 0 Å². The van der Waals surface area contributed by atoms with E-state index in [-0.39, 0.29) is 11.9 Å². The molecule has 0 fully saturated rings. The highest BCUT2D eigenvalue weighted by molar-refractivity contribution is 6.13. The molecule has 1 aliphatic rings. The number of nitrogens with zero attached hydrogens (tertiary/aromatic N) is 2. The molecule has 1 aromatic heterocycles. The Hall–Kier alpha value is -2.23. The molecular formula is C16H19N3O. The highest BCUT2D eigenvalue weighted by atomic mass is 16.2. The van der Waals surface area contributed by atoms with Crippen LogP contribution in [0.4, 0.5) is 17.1 Å². The standard InChI is InChI=1S/C16H19N3O/c1-10(2)19-13-8-6-5-7-12(13)17-14-11(3)9-18(4)15(14)16(19)20/h5-10,17H,1-4H3. The molecule has 0 spiro atoms. The summed E-state index contributed by atoms with van der Waals surface area (Å²) in [5.41, 5.74) is 4.61. The molecule has 0 saturated carbocycles. The summed E-state index contributed by atoms with van der Waals surface area (Å²) in [6, 6.07) is 8.05. The molecule has 2 aromatic rings. The van der Waals surface area contributed by atoms with E-state index < -0.39 is 0 Å². The number of nitrogens with one attached hydrogen (secondary N) is 1. The molecule has 0 atom stereocenters. The topological polar surface area (TPSA) is 37.3 Å². The Bertz CT molecular complexity index is 685. The Morgan fingerprint density at radius 1 is 1.20 bits per heavy atom. The number of anilines is 3. The van der Waals surface area contributed by atoms with Gasteiger partial charge in [-0.1, -0.05) is 12.1 Å². The second-order valence-corrected chi connectivity index (χ2v) is 5.56. The Morgan fingerprint density at radius 2 is 1.90 bits per heavy atom. The van der Waals surface area contributed by atoms with Gasteiger partial charge in [0.25, 0.3) is 5.91 Å². The van der Waals surface area contributed by atoms with Crippen LogP contribution in [0.1, 0.15) is 29.9 Å². The molecular weight excluding hydrogens is 250 g/mol. The first-order valence-corrected chi connectivity index (χ1v) is 6.86.